The molecule has 1 aliphatic rings. The van der Waals surface area contributed by atoms with E-state index in [-0.39, 0.29) is 17.6 Å². The van der Waals surface area contributed by atoms with Crippen LogP contribution in [0, 0.1) is 0 Å². The minimum atomic E-state index is -0.201. The first kappa shape index (κ1) is 15.7. The molecule has 1 fully saturated rings. The van der Waals surface area contributed by atoms with Gasteiger partial charge in [0.1, 0.15) is 0 Å². The first-order valence-corrected chi connectivity index (χ1v) is 7.38. The van der Waals surface area contributed by atoms with Crippen molar-refractivity contribution in [2.75, 3.05) is 32.9 Å². The van der Waals surface area contributed by atoms with Crippen molar-refractivity contribution >= 4 is 5.91 Å². The number of nitrogens with one attached hydrogen (secondary N) is 1. The van der Waals surface area contributed by atoms with Gasteiger partial charge in [-0.1, -0.05) is 0 Å². The Kier molecular flexibility index (Phi) is 5.95. The van der Waals surface area contributed by atoms with Gasteiger partial charge in [-0.3, -0.25) is 9.59 Å². The average Bonchev–Trinajstić information content (AvgIpc) is 2.52. The van der Waals surface area contributed by atoms with Gasteiger partial charge in [0, 0.05) is 32.0 Å². The summed E-state index contributed by atoms with van der Waals surface area (Å²) in [5.74, 6) is -0.0426. The van der Waals surface area contributed by atoms with E-state index in [0.717, 1.165) is 12.8 Å². The standard InChI is InChI=1S/C15H22N2O4/c1-2-20-9-10-21-13-5-7-17(8-6-13)15(19)12-3-4-14(18)16-11-12/h3-4,11,13H,2,5-10H2,1H3,(H,16,18). The number of pyridine rings is 1. The molecule has 6 heteroatoms. The van der Waals surface area contributed by atoms with E-state index in [2.05, 4.69) is 4.98 Å². The number of hydrogen-bond donors (Lipinski definition) is 1. The van der Waals surface area contributed by atoms with Gasteiger partial charge in [0.25, 0.3) is 5.91 Å². The Morgan fingerprint density at radius 1 is 1.33 bits per heavy atom. The zero-order valence-electron chi connectivity index (χ0n) is 12.3. The lowest BCUT2D eigenvalue weighted by molar-refractivity contribution is -0.0182. The van der Waals surface area contributed by atoms with Crippen molar-refractivity contribution in [3.05, 3.63) is 34.2 Å². The van der Waals surface area contributed by atoms with Crippen molar-refractivity contribution < 1.29 is 14.3 Å². The van der Waals surface area contributed by atoms with Crippen molar-refractivity contribution in [2.24, 2.45) is 0 Å². The van der Waals surface area contributed by atoms with Gasteiger partial charge in [-0.2, -0.15) is 0 Å². The van der Waals surface area contributed by atoms with Gasteiger partial charge in [-0.15, -0.1) is 0 Å². The Labute approximate surface area is 124 Å². The highest BCUT2D eigenvalue weighted by atomic mass is 16.5. The van der Waals surface area contributed by atoms with Crippen LogP contribution in [-0.2, 0) is 9.47 Å². The molecule has 6 nitrogen and oxygen atoms in total. The summed E-state index contributed by atoms with van der Waals surface area (Å²) in [5.41, 5.74) is 0.318. The maximum absolute atomic E-state index is 12.3. The van der Waals surface area contributed by atoms with E-state index in [9.17, 15) is 9.59 Å². The van der Waals surface area contributed by atoms with Crippen LogP contribution in [0.3, 0.4) is 0 Å². The van der Waals surface area contributed by atoms with E-state index in [4.69, 9.17) is 9.47 Å². The number of rotatable bonds is 6. The van der Waals surface area contributed by atoms with Crippen molar-refractivity contribution in [1.29, 1.82) is 0 Å². The van der Waals surface area contributed by atoms with Gasteiger partial charge < -0.3 is 19.4 Å². The van der Waals surface area contributed by atoms with Crippen LogP contribution in [0.4, 0.5) is 0 Å². The van der Waals surface area contributed by atoms with Crippen LogP contribution in [0.15, 0.2) is 23.1 Å². The molecule has 0 bridgehead atoms. The molecule has 1 aromatic heterocycles. The number of H-pyrrole nitrogens is 1. The van der Waals surface area contributed by atoms with Gasteiger partial charge in [-0.05, 0) is 25.8 Å². The number of ether oxygens (including phenoxy) is 2. The maximum atomic E-state index is 12.3. The Balaban J connectivity index is 1.76. The third-order valence-corrected chi connectivity index (χ3v) is 3.55. The summed E-state index contributed by atoms with van der Waals surface area (Å²) in [6, 6.07) is 2.93. The molecule has 1 N–H and O–H groups in total. The predicted octanol–water partition coefficient (Wildman–Crippen LogP) is 1.03. The molecule has 0 radical (unpaired) electrons. The molecule has 1 amide bonds. The minimum Gasteiger partial charge on any atom is -0.379 e. The summed E-state index contributed by atoms with van der Waals surface area (Å²) < 4.78 is 11.0. The fraction of sp³-hybridized carbons (Fsp3) is 0.600. The highest BCUT2D eigenvalue weighted by Crippen LogP contribution is 2.15. The lowest BCUT2D eigenvalue weighted by atomic mass is 10.1. The number of likely N-dealkylation sites (tertiary alicyclic amines) is 1. The normalized spacial score (nSPS) is 16.1. The van der Waals surface area contributed by atoms with Crippen LogP contribution in [0.2, 0.25) is 0 Å². The zero-order chi connectivity index (χ0) is 15.1. The van der Waals surface area contributed by atoms with Crippen molar-refractivity contribution in [3.8, 4) is 0 Å². The molecule has 0 saturated carbocycles. The molecule has 1 saturated heterocycles. The molecule has 2 rings (SSSR count). The molecule has 0 aromatic carbocycles. The van der Waals surface area contributed by atoms with Gasteiger partial charge in [0.05, 0.1) is 24.9 Å². The SMILES string of the molecule is CCOCCOC1CCN(C(=O)c2ccc(=O)[nH]c2)CC1. The summed E-state index contributed by atoms with van der Waals surface area (Å²) in [6.45, 7) is 5.24. The minimum absolute atomic E-state index is 0.0426. The summed E-state index contributed by atoms with van der Waals surface area (Å²) in [6.07, 6.45) is 3.34. The Hall–Kier alpha value is -1.66. The zero-order valence-corrected chi connectivity index (χ0v) is 12.3. The molecular weight excluding hydrogens is 272 g/mol. The monoisotopic (exact) mass is 294 g/mol. The fourth-order valence-electron chi connectivity index (χ4n) is 2.37. The second-order valence-corrected chi connectivity index (χ2v) is 5.00. The predicted molar refractivity (Wildman–Crippen MR) is 78.4 cm³/mol. The summed E-state index contributed by atoms with van der Waals surface area (Å²) >= 11 is 0. The van der Waals surface area contributed by atoms with E-state index >= 15 is 0 Å². The lowest BCUT2D eigenvalue weighted by Crippen LogP contribution is -2.41. The number of hydrogen-bond acceptors (Lipinski definition) is 4. The topological polar surface area (TPSA) is 71.6 Å². The van der Waals surface area contributed by atoms with E-state index in [1.807, 2.05) is 6.92 Å². The quantitative estimate of drug-likeness (QED) is 0.796. The van der Waals surface area contributed by atoms with E-state index < -0.39 is 0 Å². The second kappa shape index (κ2) is 7.95. The molecule has 116 valence electrons. The average molecular weight is 294 g/mol. The van der Waals surface area contributed by atoms with Gasteiger partial charge in [0.2, 0.25) is 5.56 Å². The van der Waals surface area contributed by atoms with Crippen molar-refractivity contribution in [3.63, 3.8) is 0 Å². The number of piperidine rings is 1. The Bertz CT molecular complexity index is 486. The summed E-state index contributed by atoms with van der Waals surface area (Å²) in [7, 11) is 0. The third-order valence-electron chi connectivity index (χ3n) is 3.55. The number of amides is 1. The number of aromatic nitrogens is 1. The highest BCUT2D eigenvalue weighted by molar-refractivity contribution is 5.93. The van der Waals surface area contributed by atoms with Crippen LogP contribution in [0.5, 0.6) is 0 Å². The van der Waals surface area contributed by atoms with Crippen LogP contribution in [0.1, 0.15) is 30.1 Å². The second-order valence-electron chi connectivity index (χ2n) is 5.00. The van der Waals surface area contributed by atoms with E-state index in [1.165, 1.54) is 12.3 Å². The first-order chi connectivity index (χ1) is 10.2. The van der Waals surface area contributed by atoms with Crippen LogP contribution in [0.25, 0.3) is 0 Å². The van der Waals surface area contributed by atoms with Gasteiger partial charge in [-0.25, -0.2) is 0 Å². The summed E-state index contributed by atoms with van der Waals surface area (Å²) in [5, 5.41) is 0. The van der Waals surface area contributed by atoms with Gasteiger partial charge >= 0.3 is 0 Å². The number of carbonyl (C=O) groups excluding carboxylic acids is 1. The molecule has 0 atom stereocenters. The number of carbonyl (C=O) groups is 1. The molecule has 0 spiro atoms. The maximum Gasteiger partial charge on any atom is 0.255 e. The van der Waals surface area contributed by atoms with E-state index in [0.29, 0.717) is 38.5 Å². The molecule has 1 aromatic rings. The van der Waals surface area contributed by atoms with E-state index in [1.54, 1.807) is 11.0 Å². The lowest BCUT2D eigenvalue weighted by Gasteiger charge is -2.32. The number of aromatic amines is 1. The summed E-state index contributed by atoms with van der Waals surface area (Å²) in [4.78, 5) is 27.6. The molecule has 0 unspecified atom stereocenters. The van der Waals surface area contributed by atoms with Crippen LogP contribution < -0.4 is 5.56 Å². The highest BCUT2D eigenvalue weighted by Gasteiger charge is 2.23. The van der Waals surface area contributed by atoms with Crippen molar-refractivity contribution in [1.82, 2.24) is 9.88 Å². The van der Waals surface area contributed by atoms with Crippen LogP contribution in [-0.4, -0.2) is 54.8 Å². The van der Waals surface area contributed by atoms with Gasteiger partial charge in [0.15, 0.2) is 0 Å². The molecule has 2 heterocycles. The smallest absolute Gasteiger partial charge is 0.255 e. The molecule has 0 aliphatic carbocycles. The molecule has 1 aliphatic heterocycles. The third kappa shape index (κ3) is 4.68. The number of nitrogens with zero attached hydrogens (tertiary/aromatic N) is 1. The molecular formula is C15H22N2O4. The fourth-order valence-corrected chi connectivity index (χ4v) is 2.37. The largest absolute Gasteiger partial charge is 0.379 e. The first-order valence-electron chi connectivity index (χ1n) is 7.38. The van der Waals surface area contributed by atoms with Crippen LogP contribution >= 0.6 is 0 Å². The van der Waals surface area contributed by atoms with Crippen molar-refractivity contribution in [2.45, 2.75) is 25.9 Å². The Morgan fingerprint density at radius 2 is 2.10 bits per heavy atom. The molecule has 21 heavy (non-hydrogen) atoms. The Morgan fingerprint density at radius 3 is 2.71 bits per heavy atom.